The Morgan fingerprint density at radius 1 is 1.17 bits per heavy atom. The molecular weight excluding hydrogens is 414 g/mol. The first-order chi connectivity index (χ1) is 14.5. The minimum Gasteiger partial charge on any atom is -0.451 e. The summed E-state index contributed by atoms with van der Waals surface area (Å²) in [6.45, 7) is 2.43. The third-order valence-corrected chi connectivity index (χ3v) is 6.91. The molecule has 4 rings (SSSR count). The molecule has 0 fully saturated rings. The van der Waals surface area contributed by atoms with Crippen molar-refractivity contribution in [3.05, 3.63) is 76.5 Å². The normalized spacial score (nSPS) is 11.0. The number of hydrogen-bond acceptors (Lipinski definition) is 6. The molecule has 0 spiro atoms. The molecule has 0 bridgehead atoms. The van der Waals surface area contributed by atoms with Crippen molar-refractivity contribution in [3.63, 3.8) is 0 Å². The van der Waals surface area contributed by atoms with Crippen molar-refractivity contribution in [1.29, 1.82) is 0 Å². The lowest BCUT2D eigenvalue weighted by Crippen LogP contribution is -2.23. The molecule has 4 aromatic rings. The van der Waals surface area contributed by atoms with Gasteiger partial charge in [-0.3, -0.25) is 4.79 Å². The lowest BCUT2D eigenvalue weighted by Gasteiger charge is -2.12. The van der Waals surface area contributed by atoms with Gasteiger partial charge < -0.3 is 14.6 Å². The summed E-state index contributed by atoms with van der Waals surface area (Å²) in [7, 11) is 4.01. The van der Waals surface area contributed by atoms with Crippen LogP contribution in [0.2, 0.25) is 0 Å². The summed E-state index contributed by atoms with van der Waals surface area (Å²) in [5, 5.41) is 6.00. The number of para-hydroxylation sites is 1. The summed E-state index contributed by atoms with van der Waals surface area (Å²) in [5.74, 6) is 0.806. The van der Waals surface area contributed by atoms with Crippen LogP contribution in [0.3, 0.4) is 0 Å². The highest BCUT2D eigenvalue weighted by Gasteiger charge is 2.21. The molecule has 7 heteroatoms. The largest absolute Gasteiger partial charge is 0.451 e. The first kappa shape index (κ1) is 20.5. The lowest BCUT2D eigenvalue weighted by atomic mass is 10.1. The Labute approximate surface area is 184 Å². The van der Waals surface area contributed by atoms with Crippen molar-refractivity contribution in [2.75, 3.05) is 19.0 Å². The highest BCUT2D eigenvalue weighted by molar-refractivity contribution is 8.00. The van der Waals surface area contributed by atoms with Crippen LogP contribution in [0.25, 0.3) is 11.0 Å². The van der Waals surface area contributed by atoms with Crippen molar-refractivity contribution in [3.8, 4) is 0 Å². The van der Waals surface area contributed by atoms with Gasteiger partial charge in [-0.1, -0.05) is 42.1 Å². The Kier molecular flexibility index (Phi) is 6.11. The van der Waals surface area contributed by atoms with E-state index < -0.39 is 0 Å². The molecule has 0 saturated heterocycles. The van der Waals surface area contributed by atoms with Crippen LogP contribution < -0.4 is 10.2 Å². The van der Waals surface area contributed by atoms with Gasteiger partial charge in [0.25, 0.3) is 5.91 Å². The van der Waals surface area contributed by atoms with Crippen LogP contribution in [0.5, 0.6) is 0 Å². The van der Waals surface area contributed by atoms with E-state index in [9.17, 15) is 4.79 Å². The minimum absolute atomic E-state index is 0.200. The molecule has 5 nitrogen and oxygen atoms in total. The molecular formula is C23H23N3O2S2. The average molecular weight is 438 g/mol. The molecule has 0 unspecified atom stereocenters. The van der Waals surface area contributed by atoms with E-state index >= 15 is 0 Å². The van der Waals surface area contributed by atoms with E-state index in [1.165, 1.54) is 0 Å². The molecule has 0 radical (unpaired) electrons. The van der Waals surface area contributed by atoms with E-state index in [1.807, 2.05) is 79.8 Å². The quantitative estimate of drug-likeness (QED) is 0.388. The predicted molar refractivity (Wildman–Crippen MR) is 125 cm³/mol. The van der Waals surface area contributed by atoms with Gasteiger partial charge in [0.2, 0.25) is 0 Å². The van der Waals surface area contributed by atoms with Gasteiger partial charge in [0, 0.05) is 54.1 Å². The van der Waals surface area contributed by atoms with Crippen molar-refractivity contribution >= 4 is 45.7 Å². The van der Waals surface area contributed by atoms with Crippen LogP contribution >= 0.6 is 23.1 Å². The van der Waals surface area contributed by atoms with E-state index in [-0.39, 0.29) is 5.91 Å². The SMILES string of the molecule is Cc1csc(SCc2c(C(=O)NCc3ccc(N(C)C)cc3)oc3ccccc23)n1. The fraction of sp³-hybridized carbons (Fsp3) is 0.217. The zero-order chi connectivity index (χ0) is 21.1. The van der Waals surface area contributed by atoms with Crippen LogP contribution in [-0.4, -0.2) is 25.0 Å². The van der Waals surface area contributed by atoms with Gasteiger partial charge >= 0.3 is 0 Å². The van der Waals surface area contributed by atoms with E-state index in [0.717, 1.165) is 37.8 Å². The van der Waals surface area contributed by atoms with Crippen LogP contribution in [0.1, 0.15) is 27.4 Å². The Morgan fingerprint density at radius 3 is 2.63 bits per heavy atom. The topological polar surface area (TPSA) is 58.4 Å². The first-order valence-corrected chi connectivity index (χ1v) is 11.5. The van der Waals surface area contributed by atoms with Crippen molar-refractivity contribution in [1.82, 2.24) is 10.3 Å². The highest BCUT2D eigenvalue weighted by Crippen LogP contribution is 2.33. The molecule has 2 aromatic carbocycles. The molecule has 0 aliphatic rings. The van der Waals surface area contributed by atoms with E-state index in [0.29, 0.717) is 18.1 Å². The maximum absolute atomic E-state index is 13.0. The number of aryl methyl sites for hydroxylation is 1. The van der Waals surface area contributed by atoms with E-state index in [2.05, 4.69) is 10.3 Å². The molecule has 0 aliphatic heterocycles. The zero-order valence-electron chi connectivity index (χ0n) is 17.1. The number of fused-ring (bicyclic) bond motifs is 1. The summed E-state index contributed by atoms with van der Waals surface area (Å²) in [5.41, 5.74) is 4.81. The number of furan rings is 1. The second kappa shape index (κ2) is 8.93. The van der Waals surface area contributed by atoms with Crippen molar-refractivity contribution in [2.45, 2.75) is 23.6 Å². The monoisotopic (exact) mass is 437 g/mol. The summed E-state index contributed by atoms with van der Waals surface area (Å²) >= 11 is 3.25. The zero-order valence-corrected chi connectivity index (χ0v) is 18.8. The molecule has 30 heavy (non-hydrogen) atoms. The standard InChI is InChI=1S/C23H23N3O2S2/c1-15-13-29-23(25-15)30-14-19-18-6-4-5-7-20(18)28-21(19)22(27)24-12-16-8-10-17(11-9-16)26(2)3/h4-11,13H,12,14H2,1-3H3,(H,24,27). The van der Waals surface area contributed by atoms with Gasteiger partial charge in [-0.25, -0.2) is 4.98 Å². The second-order valence-corrected chi connectivity index (χ2v) is 9.27. The van der Waals surface area contributed by atoms with Crippen LogP contribution in [-0.2, 0) is 12.3 Å². The molecule has 1 N–H and O–H groups in total. The first-order valence-electron chi connectivity index (χ1n) is 9.61. The van der Waals surface area contributed by atoms with Gasteiger partial charge in [0.05, 0.1) is 0 Å². The summed E-state index contributed by atoms with van der Waals surface area (Å²) in [6, 6.07) is 15.9. The number of carbonyl (C=O) groups is 1. The Morgan fingerprint density at radius 2 is 1.93 bits per heavy atom. The van der Waals surface area contributed by atoms with Gasteiger partial charge in [-0.05, 0) is 30.7 Å². The number of aromatic nitrogens is 1. The fourth-order valence-corrected chi connectivity index (χ4v) is 5.01. The highest BCUT2D eigenvalue weighted by atomic mass is 32.2. The second-order valence-electron chi connectivity index (χ2n) is 7.19. The Hall–Kier alpha value is -2.77. The summed E-state index contributed by atoms with van der Waals surface area (Å²) < 4.78 is 6.94. The average Bonchev–Trinajstić information content (AvgIpc) is 3.34. The number of nitrogens with zero attached hydrogens (tertiary/aromatic N) is 2. The number of thiazole rings is 1. The molecule has 1 amide bonds. The van der Waals surface area contributed by atoms with Crippen molar-refractivity contribution in [2.24, 2.45) is 0 Å². The molecule has 0 saturated carbocycles. The molecule has 2 heterocycles. The van der Waals surface area contributed by atoms with Crippen LogP contribution in [0.4, 0.5) is 5.69 Å². The molecule has 0 aliphatic carbocycles. The fourth-order valence-electron chi connectivity index (χ4n) is 3.13. The molecule has 0 atom stereocenters. The number of rotatable bonds is 7. The number of carbonyl (C=O) groups excluding carboxylic acids is 1. The van der Waals surface area contributed by atoms with E-state index in [1.54, 1.807) is 23.1 Å². The maximum atomic E-state index is 13.0. The van der Waals surface area contributed by atoms with Crippen LogP contribution in [0.15, 0.2) is 62.7 Å². The summed E-state index contributed by atoms with van der Waals surface area (Å²) in [6.07, 6.45) is 0. The van der Waals surface area contributed by atoms with Crippen molar-refractivity contribution < 1.29 is 9.21 Å². The minimum atomic E-state index is -0.200. The van der Waals surface area contributed by atoms with Crippen LogP contribution in [0, 0.1) is 6.92 Å². The summed E-state index contributed by atoms with van der Waals surface area (Å²) in [4.78, 5) is 19.5. The maximum Gasteiger partial charge on any atom is 0.287 e. The number of hydrogen-bond donors (Lipinski definition) is 1. The Bertz CT molecular complexity index is 1160. The number of benzene rings is 2. The van der Waals surface area contributed by atoms with Gasteiger partial charge in [-0.15, -0.1) is 11.3 Å². The Balaban J connectivity index is 1.52. The smallest absolute Gasteiger partial charge is 0.287 e. The third kappa shape index (κ3) is 4.52. The number of amides is 1. The third-order valence-electron chi connectivity index (χ3n) is 4.75. The van der Waals surface area contributed by atoms with E-state index in [4.69, 9.17) is 4.42 Å². The molecule has 2 aromatic heterocycles. The predicted octanol–water partition coefficient (Wildman–Crippen LogP) is 5.49. The van der Waals surface area contributed by atoms with Gasteiger partial charge in [0.1, 0.15) is 9.92 Å². The number of nitrogens with one attached hydrogen (secondary N) is 1. The van der Waals surface area contributed by atoms with Gasteiger partial charge in [-0.2, -0.15) is 0 Å². The lowest BCUT2D eigenvalue weighted by molar-refractivity contribution is 0.0924. The number of anilines is 1. The number of thioether (sulfide) groups is 1. The van der Waals surface area contributed by atoms with Gasteiger partial charge in [0.15, 0.2) is 5.76 Å². The molecule has 154 valence electrons.